The number of hydrogen-bond acceptors (Lipinski definition) is 5. The molecule has 0 saturated carbocycles. The van der Waals surface area contributed by atoms with Crippen molar-refractivity contribution in [3.8, 4) is 0 Å². The summed E-state index contributed by atoms with van der Waals surface area (Å²) in [5.74, 6) is -1.49. The predicted molar refractivity (Wildman–Crippen MR) is 77.9 cm³/mol. The lowest BCUT2D eigenvalue weighted by molar-refractivity contribution is -0.139. The highest BCUT2D eigenvalue weighted by Crippen LogP contribution is 2.31. The van der Waals surface area contributed by atoms with Gasteiger partial charge >= 0.3 is 5.97 Å². The second kappa shape index (κ2) is 5.85. The lowest BCUT2D eigenvalue weighted by Crippen LogP contribution is -2.34. The number of rotatable bonds is 5. The molecule has 7 heteroatoms. The summed E-state index contributed by atoms with van der Waals surface area (Å²) in [4.78, 5) is 22.7. The van der Waals surface area contributed by atoms with E-state index in [0.717, 1.165) is 5.56 Å². The molecule has 0 bridgehead atoms. The summed E-state index contributed by atoms with van der Waals surface area (Å²) in [6.07, 6.45) is 0.526. The van der Waals surface area contributed by atoms with Gasteiger partial charge in [-0.1, -0.05) is 0 Å². The number of carbonyl (C=O) groups excluding carboxylic acids is 2. The van der Waals surface area contributed by atoms with Gasteiger partial charge in [-0.05, 0) is 44.0 Å². The summed E-state index contributed by atoms with van der Waals surface area (Å²) in [5.41, 5.74) is 1.89. The van der Waals surface area contributed by atoms with Gasteiger partial charge < -0.3 is 4.74 Å². The van der Waals surface area contributed by atoms with Gasteiger partial charge in [-0.3, -0.25) is 13.9 Å². The lowest BCUT2D eigenvalue weighted by atomic mass is 10.1. The largest absolute Gasteiger partial charge is 0.465 e. The smallest absolute Gasteiger partial charge is 0.323 e. The molecule has 6 nitrogen and oxygen atoms in total. The van der Waals surface area contributed by atoms with Crippen molar-refractivity contribution in [3.63, 3.8) is 0 Å². The van der Waals surface area contributed by atoms with Crippen LogP contribution in [-0.2, 0) is 26.0 Å². The molecule has 1 aromatic carbocycles. The van der Waals surface area contributed by atoms with Crippen LogP contribution in [0, 0.1) is 0 Å². The number of ketones is 1. The number of benzene rings is 1. The van der Waals surface area contributed by atoms with Crippen LogP contribution in [-0.4, -0.2) is 39.1 Å². The number of nitrogens with zero attached hydrogens (tertiary/aromatic N) is 1. The Balaban J connectivity index is 2.26. The number of fused-ring (bicyclic) bond motifs is 1. The molecule has 2 rings (SSSR count). The summed E-state index contributed by atoms with van der Waals surface area (Å²) in [5, 5.41) is 0. The Bertz CT molecular complexity index is 681. The zero-order valence-electron chi connectivity index (χ0n) is 12.0. The first-order chi connectivity index (χ1) is 9.85. The van der Waals surface area contributed by atoms with Crippen molar-refractivity contribution in [2.24, 2.45) is 0 Å². The summed E-state index contributed by atoms with van der Waals surface area (Å²) >= 11 is 0. The van der Waals surface area contributed by atoms with Crippen LogP contribution < -0.4 is 4.31 Å². The molecular formula is C14H17NO5S. The third-order valence-corrected chi connectivity index (χ3v) is 4.93. The van der Waals surface area contributed by atoms with Crippen LogP contribution in [0.4, 0.5) is 5.69 Å². The molecule has 0 N–H and O–H groups in total. The third kappa shape index (κ3) is 3.24. The fraction of sp³-hybridized carbons (Fsp3) is 0.429. The molecule has 1 aromatic rings. The third-order valence-electron chi connectivity index (χ3n) is 3.28. The Labute approximate surface area is 123 Å². The summed E-state index contributed by atoms with van der Waals surface area (Å²) in [6, 6.07) is 4.92. The molecule has 1 aliphatic heterocycles. The topological polar surface area (TPSA) is 80.8 Å². The van der Waals surface area contributed by atoms with Gasteiger partial charge in [0.1, 0.15) is 0 Å². The number of ether oxygens (including phenoxy) is 1. The zero-order valence-corrected chi connectivity index (χ0v) is 12.8. The van der Waals surface area contributed by atoms with E-state index >= 15 is 0 Å². The van der Waals surface area contributed by atoms with Crippen LogP contribution in [0.25, 0.3) is 0 Å². The fourth-order valence-corrected chi connectivity index (χ4v) is 3.69. The molecular weight excluding hydrogens is 294 g/mol. The van der Waals surface area contributed by atoms with Gasteiger partial charge in [0.2, 0.25) is 10.0 Å². The monoisotopic (exact) mass is 311 g/mol. The van der Waals surface area contributed by atoms with E-state index in [-0.39, 0.29) is 18.9 Å². The Morgan fingerprint density at radius 2 is 2.05 bits per heavy atom. The number of anilines is 1. The predicted octanol–water partition coefficient (Wildman–Crippen LogP) is 1.14. The zero-order chi connectivity index (χ0) is 15.6. The maximum atomic E-state index is 12.3. The van der Waals surface area contributed by atoms with E-state index in [2.05, 4.69) is 4.74 Å². The van der Waals surface area contributed by atoms with Gasteiger partial charge in [0, 0.05) is 12.1 Å². The first-order valence-electron chi connectivity index (χ1n) is 6.65. The molecule has 0 aromatic heterocycles. The fourth-order valence-electron chi connectivity index (χ4n) is 2.31. The van der Waals surface area contributed by atoms with Crippen molar-refractivity contribution >= 4 is 27.5 Å². The molecule has 0 aliphatic carbocycles. The first kappa shape index (κ1) is 15.5. The molecule has 114 valence electrons. The number of esters is 1. The van der Waals surface area contributed by atoms with Crippen molar-refractivity contribution in [2.45, 2.75) is 20.3 Å². The number of hydrogen-bond donors (Lipinski definition) is 0. The average molecular weight is 311 g/mol. The minimum Gasteiger partial charge on any atom is -0.465 e. The highest BCUT2D eigenvalue weighted by atomic mass is 32.2. The van der Waals surface area contributed by atoms with Gasteiger partial charge in [-0.2, -0.15) is 0 Å². The highest BCUT2D eigenvalue weighted by molar-refractivity contribution is 7.93. The Morgan fingerprint density at radius 3 is 2.67 bits per heavy atom. The van der Waals surface area contributed by atoms with Crippen molar-refractivity contribution in [3.05, 3.63) is 29.3 Å². The molecule has 0 saturated heterocycles. The van der Waals surface area contributed by atoms with E-state index < -0.39 is 21.7 Å². The lowest BCUT2D eigenvalue weighted by Gasteiger charge is -2.19. The maximum absolute atomic E-state index is 12.3. The number of Topliss-reactive ketones (excluding diaryl/α,β-unsaturated/α-hetero) is 1. The van der Waals surface area contributed by atoms with Gasteiger partial charge in [0.25, 0.3) is 0 Å². The van der Waals surface area contributed by atoms with Crippen molar-refractivity contribution in [1.82, 2.24) is 0 Å². The summed E-state index contributed by atoms with van der Waals surface area (Å²) in [7, 11) is -3.75. The SMILES string of the molecule is CCOC(=O)CS(=O)(=O)N1CCc2cc(C(C)=O)ccc21. The van der Waals surface area contributed by atoms with Crippen LogP contribution in [0.15, 0.2) is 18.2 Å². The van der Waals surface area contributed by atoms with E-state index in [1.54, 1.807) is 25.1 Å². The van der Waals surface area contributed by atoms with Crippen LogP contribution in [0.2, 0.25) is 0 Å². The molecule has 1 heterocycles. The molecule has 0 radical (unpaired) electrons. The quantitative estimate of drug-likeness (QED) is 0.602. The van der Waals surface area contributed by atoms with E-state index in [4.69, 9.17) is 0 Å². The molecule has 0 fully saturated rings. The molecule has 0 spiro atoms. The first-order valence-corrected chi connectivity index (χ1v) is 8.26. The normalized spacial score (nSPS) is 13.9. The van der Waals surface area contributed by atoms with E-state index in [9.17, 15) is 18.0 Å². The molecule has 21 heavy (non-hydrogen) atoms. The van der Waals surface area contributed by atoms with Gasteiger partial charge in [0.05, 0.1) is 12.3 Å². The maximum Gasteiger partial charge on any atom is 0.323 e. The van der Waals surface area contributed by atoms with Crippen molar-refractivity contribution in [2.75, 3.05) is 23.2 Å². The van der Waals surface area contributed by atoms with E-state index in [0.29, 0.717) is 17.7 Å². The Hall–Kier alpha value is -1.89. The molecule has 0 amide bonds. The summed E-state index contributed by atoms with van der Waals surface area (Å²) in [6.45, 7) is 3.51. The standard InChI is InChI=1S/C14H17NO5S/c1-3-20-14(17)9-21(18,19)15-7-6-12-8-11(10(2)16)4-5-13(12)15/h4-5,8H,3,6-7,9H2,1-2H3. The van der Waals surface area contributed by atoms with E-state index in [1.807, 2.05) is 0 Å². The second-order valence-electron chi connectivity index (χ2n) is 4.78. The molecule has 1 aliphatic rings. The summed E-state index contributed by atoms with van der Waals surface area (Å²) < 4.78 is 30.4. The molecule has 0 atom stereocenters. The number of sulfonamides is 1. The minimum atomic E-state index is -3.75. The molecule has 0 unspecified atom stereocenters. The van der Waals surface area contributed by atoms with Gasteiger partial charge in [0.15, 0.2) is 11.5 Å². The average Bonchev–Trinajstić information content (AvgIpc) is 2.81. The van der Waals surface area contributed by atoms with Crippen molar-refractivity contribution < 1.29 is 22.7 Å². The Kier molecular flexibility index (Phi) is 4.32. The number of carbonyl (C=O) groups is 2. The van der Waals surface area contributed by atoms with Crippen LogP contribution in [0.3, 0.4) is 0 Å². The van der Waals surface area contributed by atoms with Crippen LogP contribution in [0.5, 0.6) is 0 Å². The van der Waals surface area contributed by atoms with Gasteiger partial charge in [-0.15, -0.1) is 0 Å². The van der Waals surface area contributed by atoms with E-state index in [1.165, 1.54) is 11.2 Å². The van der Waals surface area contributed by atoms with Gasteiger partial charge in [-0.25, -0.2) is 8.42 Å². The van der Waals surface area contributed by atoms with Crippen molar-refractivity contribution in [1.29, 1.82) is 0 Å². The Morgan fingerprint density at radius 1 is 1.33 bits per heavy atom. The van der Waals surface area contributed by atoms with Crippen LogP contribution in [0.1, 0.15) is 29.8 Å². The highest BCUT2D eigenvalue weighted by Gasteiger charge is 2.31. The minimum absolute atomic E-state index is 0.0642. The second-order valence-corrected chi connectivity index (χ2v) is 6.68. The van der Waals surface area contributed by atoms with Crippen LogP contribution >= 0.6 is 0 Å².